The normalized spacial score (nSPS) is 12.4. The second-order valence-electron chi connectivity index (χ2n) is 6.96. The van der Waals surface area contributed by atoms with Gasteiger partial charge >= 0.3 is 0 Å². The maximum Gasteiger partial charge on any atom is 0.264 e. The second-order valence-corrected chi connectivity index (χ2v) is 9.05. The van der Waals surface area contributed by atoms with E-state index in [2.05, 4.69) is 10.0 Å². The summed E-state index contributed by atoms with van der Waals surface area (Å²) in [4.78, 5) is 12.0. The van der Waals surface area contributed by atoms with Gasteiger partial charge in [-0.05, 0) is 54.4 Å². The summed E-state index contributed by atoms with van der Waals surface area (Å²) < 4.78 is 52.1. The molecule has 0 radical (unpaired) electrons. The summed E-state index contributed by atoms with van der Waals surface area (Å²) in [5, 5.41) is 2.96. The van der Waals surface area contributed by atoms with E-state index >= 15 is 0 Å². The number of aryl methyl sites for hydroxylation is 1. The maximum atomic E-state index is 14.0. The van der Waals surface area contributed by atoms with Crippen LogP contribution in [0.25, 0.3) is 0 Å². The fourth-order valence-corrected chi connectivity index (χ4v) is 4.47. The Morgan fingerprint density at radius 3 is 2.59 bits per heavy atom. The van der Waals surface area contributed by atoms with Crippen LogP contribution in [0.1, 0.15) is 12.0 Å². The quantitative estimate of drug-likeness (QED) is 0.520. The molecule has 1 amide bonds. The molecule has 7 nitrogen and oxygen atoms in total. The molecule has 3 aromatic carbocycles. The lowest BCUT2D eigenvalue weighted by Crippen LogP contribution is -2.18. The van der Waals surface area contributed by atoms with Crippen LogP contribution in [0.3, 0.4) is 0 Å². The molecule has 0 atom stereocenters. The number of carbonyl (C=O) groups is 1. The van der Waals surface area contributed by atoms with Gasteiger partial charge in [-0.15, -0.1) is 0 Å². The third kappa shape index (κ3) is 4.95. The fraction of sp³-hybridized carbons (Fsp3) is 0.136. The Morgan fingerprint density at radius 1 is 1.00 bits per heavy atom. The summed E-state index contributed by atoms with van der Waals surface area (Å²) in [7, 11) is -4.22. The van der Waals surface area contributed by atoms with Gasteiger partial charge in [-0.25, -0.2) is 12.8 Å². The summed E-state index contributed by atoms with van der Waals surface area (Å²) in [6.07, 6.45) is 0.561. The van der Waals surface area contributed by atoms with Crippen molar-refractivity contribution in [1.29, 1.82) is 0 Å². The van der Waals surface area contributed by atoms with Crippen LogP contribution in [-0.4, -0.2) is 21.1 Å². The number of hydrogen-bond acceptors (Lipinski definition) is 5. The lowest BCUT2D eigenvalue weighted by Gasteiger charge is -2.14. The van der Waals surface area contributed by atoms with Crippen molar-refractivity contribution < 1.29 is 27.1 Å². The van der Waals surface area contributed by atoms with Gasteiger partial charge in [0, 0.05) is 11.4 Å². The average Bonchev–Trinajstić information content (AvgIpc) is 3.22. The van der Waals surface area contributed by atoms with Gasteiger partial charge in [-0.1, -0.05) is 29.8 Å². The van der Waals surface area contributed by atoms with E-state index in [0.717, 1.165) is 17.7 Å². The molecule has 0 bridgehead atoms. The largest absolute Gasteiger partial charge is 0.454 e. The molecule has 0 aromatic heterocycles. The molecule has 10 heteroatoms. The van der Waals surface area contributed by atoms with Crippen LogP contribution < -0.4 is 19.5 Å². The number of nitrogens with one attached hydrogen (secondary N) is 2. The van der Waals surface area contributed by atoms with Crippen molar-refractivity contribution in [2.45, 2.75) is 17.7 Å². The maximum absolute atomic E-state index is 14.0. The zero-order valence-electron chi connectivity index (χ0n) is 16.6. The van der Waals surface area contributed by atoms with Crippen molar-refractivity contribution in [2.24, 2.45) is 0 Å². The first-order chi connectivity index (χ1) is 15.3. The van der Waals surface area contributed by atoms with E-state index < -0.39 is 20.7 Å². The molecule has 0 aliphatic carbocycles. The monoisotopic (exact) mass is 476 g/mol. The van der Waals surface area contributed by atoms with Gasteiger partial charge in [0.05, 0.1) is 11.4 Å². The first-order valence-corrected chi connectivity index (χ1v) is 11.4. The van der Waals surface area contributed by atoms with E-state index in [-0.39, 0.29) is 30.5 Å². The van der Waals surface area contributed by atoms with E-state index in [1.807, 2.05) is 12.1 Å². The number of rotatable bonds is 7. The van der Waals surface area contributed by atoms with Gasteiger partial charge in [-0.3, -0.25) is 9.52 Å². The van der Waals surface area contributed by atoms with Crippen LogP contribution in [0, 0.1) is 5.82 Å². The number of hydrogen-bond donors (Lipinski definition) is 2. The highest BCUT2D eigenvalue weighted by Gasteiger charge is 2.21. The van der Waals surface area contributed by atoms with Gasteiger partial charge < -0.3 is 14.8 Å². The van der Waals surface area contributed by atoms with E-state index in [1.54, 1.807) is 6.07 Å². The van der Waals surface area contributed by atoms with Gasteiger partial charge in [0.15, 0.2) is 11.5 Å². The number of amides is 1. The Labute approximate surface area is 189 Å². The van der Waals surface area contributed by atoms with E-state index in [4.69, 9.17) is 21.1 Å². The third-order valence-electron chi connectivity index (χ3n) is 4.70. The van der Waals surface area contributed by atoms with Gasteiger partial charge in [0.25, 0.3) is 10.0 Å². The Bertz CT molecular complexity index is 1280. The molecule has 4 rings (SSSR count). The highest BCUT2D eigenvalue weighted by Crippen LogP contribution is 2.33. The predicted octanol–water partition coefficient (Wildman–Crippen LogP) is 4.58. The topological polar surface area (TPSA) is 93.7 Å². The number of benzene rings is 3. The molecule has 0 unspecified atom stereocenters. The first kappa shape index (κ1) is 21.9. The summed E-state index contributed by atoms with van der Waals surface area (Å²) in [5.41, 5.74) is 1.11. The van der Waals surface area contributed by atoms with Crippen molar-refractivity contribution in [2.75, 3.05) is 16.8 Å². The minimum Gasteiger partial charge on any atom is -0.454 e. The molecule has 1 aliphatic rings. The fourth-order valence-electron chi connectivity index (χ4n) is 3.14. The van der Waals surface area contributed by atoms with Crippen LogP contribution in [0.5, 0.6) is 11.5 Å². The zero-order chi connectivity index (χ0) is 22.7. The molecular weight excluding hydrogens is 459 g/mol. The summed E-state index contributed by atoms with van der Waals surface area (Å²) in [6, 6.07) is 14.7. The van der Waals surface area contributed by atoms with Crippen molar-refractivity contribution in [3.05, 3.63) is 77.1 Å². The van der Waals surface area contributed by atoms with Crippen molar-refractivity contribution in [1.82, 2.24) is 0 Å². The van der Waals surface area contributed by atoms with Gasteiger partial charge in [-0.2, -0.15) is 0 Å². The number of fused-ring (bicyclic) bond motifs is 1. The number of ether oxygens (including phenoxy) is 2. The number of carbonyl (C=O) groups excluding carboxylic acids is 1. The highest BCUT2D eigenvalue weighted by atomic mass is 35.5. The number of halogens is 2. The Balaban J connectivity index is 1.47. The van der Waals surface area contributed by atoms with Crippen LogP contribution in [0.15, 0.2) is 65.6 Å². The Kier molecular flexibility index (Phi) is 6.20. The smallest absolute Gasteiger partial charge is 0.264 e. The first-order valence-electron chi connectivity index (χ1n) is 9.57. The minimum atomic E-state index is -4.22. The van der Waals surface area contributed by atoms with Gasteiger partial charge in [0.1, 0.15) is 10.7 Å². The van der Waals surface area contributed by atoms with E-state index in [9.17, 15) is 17.6 Å². The SMILES string of the molecule is O=C(CCc1ccc2c(c1)OCO2)Nc1cc(Cl)ccc1NS(=O)(=O)c1ccccc1F. The molecule has 0 fully saturated rings. The zero-order valence-corrected chi connectivity index (χ0v) is 18.2. The molecule has 166 valence electrons. The molecule has 2 N–H and O–H groups in total. The molecule has 1 heterocycles. The lowest BCUT2D eigenvalue weighted by atomic mass is 10.1. The summed E-state index contributed by atoms with van der Waals surface area (Å²) >= 11 is 6.03. The van der Waals surface area contributed by atoms with Crippen LogP contribution >= 0.6 is 11.6 Å². The van der Waals surface area contributed by atoms with Crippen LogP contribution in [-0.2, 0) is 21.2 Å². The molecule has 0 saturated carbocycles. The summed E-state index contributed by atoms with van der Waals surface area (Å²) in [6.45, 7) is 0.166. The van der Waals surface area contributed by atoms with Crippen molar-refractivity contribution >= 4 is 38.9 Å². The number of anilines is 2. The third-order valence-corrected chi connectivity index (χ3v) is 6.34. The van der Waals surface area contributed by atoms with E-state index in [0.29, 0.717) is 22.9 Å². The molecular formula is C22H18ClFN2O5S. The van der Waals surface area contributed by atoms with Crippen LogP contribution in [0.2, 0.25) is 5.02 Å². The van der Waals surface area contributed by atoms with Gasteiger partial charge in [0.2, 0.25) is 12.7 Å². The molecule has 0 spiro atoms. The molecule has 3 aromatic rings. The standard InChI is InChI=1S/C22H18ClFN2O5S/c23-15-7-8-17(26-32(28,29)21-4-2-1-3-16(21)24)18(12-15)25-22(27)10-6-14-5-9-19-20(11-14)31-13-30-19/h1-5,7-9,11-12,26H,6,10,13H2,(H,25,27). The van der Waals surface area contributed by atoms with Crippen molar-refractivity contribution in [3.63, 3.8) is 0 Å². The Hall–Kier alpha value is -3.30. The summed E-state index contributed by atoms with van der Waals surface area (Å²) in [5.74, 6) is 0.0473. The molecule has 1 aliphatic heterocycles. The minimum absolute atomic E-state index is 0.0640. The molecule has 0 saturated heterocycles. The van der Waals surface area contributed by atoms with Crippen LogP contribution in [0.4, 0.5) is 15.8 Å². The highest BCUT2D eigenvalue weighted by molar-refractivity contribution is 7.92. The average molecular weight is 477 g/mol. The lowest BCUT2D eigenvalue weighted by molar-refractivity contribution is -0.116. The second kappa shape index (κ2) is 9.05. The van der Waals surface area contributed by atoms with Crippen molar-refractivity contribution in [3.8, 4) is 11.5 Å². The Morgan fingerprint density at radius 2 is 1.78 bits per heavy atom. The predicted molar refractivity (Wildman–Crippen MR) is 118 cm³/mol. The number of sulfonamides is 1. The van der Waals surface area contributed by atoms with E-state index in [1.165, 1.54) is 30.3 Å². The molecule has 32 heavy (non-hydrogen) atoms.